The van der Waals surface area contributed by atoms with Crippen LogP contribution in [0.3, 0.4) is 0 Å². The van der Waals surface area contributed by atoms with Gasteiger partial charge in [-0.2, -0.15) is 5.06 Å². The summed E-state index contributed by atoms with van der Waals surface area (Å²) < 4.78 is 0. The molecular weight excluding hydrogens is 206 g/mol. The summed E-state index contributed by atoms with van der Waals surface area (Å²) in [7, 11) is 0. The van der Waals surface area contributed by atoms with Gasteiger partial charge in [-0.3, -0.25) is 14.8 Å². The van der Waals surface area contributed by atoms with Crippen molar-refractivity contribution in [2.75, 3.05) is 0 Å². The second-order valence-corrected chi connectivity index (χ2v) is 5.40. The van der Waals surface area contributed by atoms with Crippen LogP contribution in [0.15, 0.2) is 0 Å². The highest BCUT2D eigenvalue weighted by Crippen LogP contribution is 2.49. The monoisotopic (exact) mass is 223 g/mol. The molecule has 0 spiro atoms. The molecule has 4 heteroatoms. The Morgan fingerprint density at radius 3 is 1.94 bits per heavy atom. The first-order valence-electron chi connectivity index (χ1n) is 6.27. The van der Waals surface area contributed by atoms with Gasteiger partial charge in [0.1, 0.15) is 0 Å². The number of hydrogen-bond donors (Lipinski definition) is 1. The van der Waals surface area contributed by atoms with Crippen molar-refractivity contribution in [1.82, 2.24) is 5.06 Å². The fraction of sp³-hybridized carbons (Fsp3) is 0.833. The molecule has 0 aromatic rings. The van der Waals surface area contributed by atoms with Gasteiger partial charge in [-0.1, -0.05) is 25.7 Å². The Morgan fingerprint density at radius 1 is 0.938 bits per heavy atom. The molecule has 0 radical (unpaired) electrons. The van der Waals surface area contributed by atoms with E-state index in [9.17, 15) is 14.8 Å². The van der Waals surface area contributed by atoms with Crippen LogP contribution < -0.4 is 0 Å². The van der Waals surface area contributed by atoms with E-state index < -0.39 is 0 Å². The van der Waals surface area contributed by atoms with E-state index in [-0.39, 0.29) is 29.6 Å². The molecule has 0 aromatic heterocycles. The van der Waals surface area contributed by atoms with Gasteiger partial charge in [0.05, 0.1) is 0 Å². The van der Waals surface area contributed by atoms with Crippen molar-refractivity contribution in [3.05, 3.63) is 0 Å². The minimum atomic E-state index is -0.349. The lowest BCUT2D eigenvalue weighted by atomic mass is 9.59. The van der Waals surface area contributed by atoms with Crippen LogP contribution >= 0.6 is 0 Å². The smallest absolute Gasteiger partial charge is 0.256 e. The van der Waals surface area contributed by atoms with Crippen LogP contribution in [0.25, 0.3) is 0 Å². The van der Waals surface area contributed by atoms with Crippen molar-refractivity contribution >= 4 is 11.8 Å². The first-order chi connectivity index (χ1) is 7.70. The Bertz CT molecular complexity index is 311. The number of piperidine rings is 1. The van der Waals surface area contributed by atoms with E-state index in [2.05, 4.69) is 0 Å². The van der Waals surface area contributed by atoms with Crippen molar-refractivity contribution in [2.24, 2.45) is 23.7 Å². The summed E-state index contributed by atoms with van der Waals surface area (Å²) in [5.41, 5.74) is 0. The van der Waals surface area contributed by atoms with Crippen molar-refractivity contribution in [3.63, 3.8) is 0 Å². The molecule has 4 nitrogen and oxygen atoms in total. The number of carbonyl (C=O) groups is 2. The molecule has 2 amide bonds. The van der Waals surface area contributed by atoms with Crippen molar-refractivity contribution in [2.45, 2.75) is 38.5 Å². The Hall–Kier alpha value is -0.900. The molecule has 0 bridgehead atoms. The van der Waals surface area contributed by atoms with Gasteiger partial charge in [0.15, 0.2) is 0 Å². The summed E-state index contributed by atoms with van der Waals surface area (Å²) in [6.45, 7) is 0. The average Bonchev–Trinajstić information content (AvgIpc) is 2.33. The summed E-state index contributed by atoms with van der Waals surface area (Å²) in [4.78, 5) is 23.7. The fourth-order valence-corrected chi connectivity index (χ4v) is 4.05. The van der Waals surface area contributed by atoms with Crippen LogP contribution in [0.2, 0.25) is 0 Å². The summed E-state index contributed by atoms with van der Waals surface area (Å²) in [5, 5.41) is 9.93. The molecule has 2 aliphatic carbocycles. The van der Waals surface area contributed by atoms with Gasteiger partial charge in [-0.25, -0.2) is 0 Å². The van der Waals surface area contributed by atoms with E-state index in [1.165, 1.54) is 0 Å². The summed E-state index contributed by atoms with van der Waals surface area (Å²) >= 11 is 0. The maximum atomic E-state index is 11.9. The predicted octanol–water partition coefficient (Wildman–Crippen LogP) is 1.58. The first-order valence-corrected chi connectivity index (χ1v) is 6.27. The van der Waals surface area contributed by atoms with Crippen LogP contribution in [0.4, 0.5) is 0 Å². The molecule has 0 aromatic carbocycles. The Morgan fingerprint density at radius 2 is 1.44 bits per heavy atom. The standard InChI is InChI=1S/C12H17NO3/c14-11-8-5-1-3-7-4-2-6-9(10(7)8)12(15)13(11)16/h7-10,16H,1-6H2. The van der Waals surface area contributed by atoms with Crippen LogP contribution in [-0.4, -0.2) is 22.1 Å². The van der Waals surface area contributed by atoms with Crippen molar-refractivity contribution in [3.8, 4) is 0 Å². The van der Waals surface area contributed by atoms with E-state index >= 15 is 0 Å². The molecule has 88 valence electrons. The van der Waals surface area contributed by atoms with Crippen molar-refractivity contribution < 1.29 is 14.8 Å². The molecule has 3 aliphatic rings. The van der Waals surface area contributed by atoms with E-state index in [1.807, 2.05) is 0 Å². The Labute approximate surface area is 94.6 Å². The number of hydrogen-bond acceptors (Lipinski definition) is 3. The van der Waals surface area contributed by atoms with Crippen LogP contribution in [0, 0.1) is 23.7 Å². The molecule has 3 fully saturated rings. The minimum absolute atomic E-state index is 0.0910. The molecule has 1 heterocycles. The molecule has 2 unspecified atom stereocenters. The SMILES string of the molecule is O=C1C2CCCC3CCCC(C(=O)N1O)C32. The zero-order valence-electron chi connectivity index (χ0n) is 9.26. The number of nitrogens with zero attached hydrogens (tertiary/aromatic N) is 1. The lowest BCUT2D eigenvalue weighted by Gasteiger charge is -2.48. The molecule has 16 heavy (non-hydrogen) atoms. The highest BCUT2D eigenvalue weighted by Gasteiger charge is 2.53. The molecule has 1 N–H and O–H groups in total. The van der Waals surface area contributed by atoms with Gasteiger partial charge in [0.25, 0.3) is 11.8 Å². The number of amides is 2. The second kappa shape index (κ2) is 3.55. The van der Waals surface area contributed by atoms with Gasteiger partial charge < -0.3 is 0 Å². The second-order valence-electron chi connectivity index (χ2n) is 5.40. The van der Waals surface area contributed by atoms with Crippen LogP contribution in [-0.2, 0) is 9.59 Å². The van der Waals surface area contributed by atoms with Gasteiger partial charge in [0, 0.05) is 11.8 Å². The van der Waals surface area contributed by atoms with Crippen molar-refractivity contribution in [1.29, 1.82) is 0 Å². The van der Waals surface area contributed by atoms with Gasteiger partial charge in [-0.05, 0) is 24.7 Å². The molecule has 3 rings (SSSR count). The minimum Gasteiger partial charge on any atom is -0.278 e. The zero-order chi connectivity index (χ0) is 11.3. The third-order valence-electron chi connectivity index (χ3n) is 4.71. The maximum Gasteiger partial charge on any atom is 0.256 e. The van der Waals surface area contributed by atoms with Gasteiger partial charge >= 0.3 is 0 Å². The predicted molar refractivity (Wildman–Crippen MR) is 55.3 cm³/mol. The topological polar surface area (TPSA) is 57.6 Å². The van der Waals surface area contributed by atoms with E-state index in [0.29, 0.717) is 11.0 Å². The van der Waals surface area contributed by atoms with Crippen LogP contribution in [0.1, 0.15) is 38.5 Å². The summed E-state index contributed by atoms with van der Waals surface area (Å²) in [6.07, 6.45) is 6.13. The average molecular weight is 223 g/mol. The quantitative estimate of drug-likeness (QED) is 0.501. The largest absolute Gasteiger partial charge is 0.278 e. The normalized spacial score (nSPS) is 43.2. The molecule has 2 saturated carbocycles. The highest BCUT2D eigenvalue weighted by molar-refractivity contribution is 5.99. The highest BCUT2D eigenvalue weighted by atomic mass is 16.5. The van der Waals surface area contributed by atoms with Gasteiger partial charge in [-0.15, -0.1) is 0 Å². The lowest BCUT2D eigenvalue weighted by Crippen LogP contribution is -2.56. The summed E-state index contributed by atoms with van der Waals surface area (Å²) in [5.74, 6) is -0.112. The fourth-order valence-electron chi connectivity index (χ4n) is 4.05. The van der Waals surface area contributed by atoms with E-state index in [0.717, 1.165) is 38.5 Å². The molecule has 1 saturated heterocycles. The molecular formula is C12H17NO3. The van der Waals surface area contributed by atoms with E-state index in [4.69, 9.17) is 0 Å². The Balaban J connectivity index is 1.97. The van der Waals surface area contributed by atoms with Crippen LogP contribution in [0.5, 0.6) is 0 Å². The number of imide groups is 1. The lowest BCUT2D eigenvalue weighted by molar-refractivity contribution is -0.202. The maximum absolute atomic E-state index is 11.9. The van der Waals surface area contributed by atoms with Gasteiger partial charge in [0.2, 0.25) is 0 Å². The summed E-state index contributed by atoms with van der Waals surface area (Å²) in [6, 6.07) is 0. The number of hydroxylamine groups is 2. The molecule has 2 atom stereocenters. The number of carbonyl (C=O) groups excluding carboxylic acids is 2. The third-order valence-corrected chi connectivity index (χ3v) is 4.71. The Kier molecular flexibility index (Phi) is 2.28. The third kappa shape index (κ3) is 1.25. The van der Waals surface area contributed by atoms with E-state index in [1.54, 1.807) is 0 Å². The first kappa shape index (κ1) is 10.3. The number of rotatable bonds is 0. The zero-order valence-corrected chi connectivity index (χ0v) is 9.26. The molecule has 1 aliphatic heterocycles.